The van der Waals surface area contributed by atoms with E-state index in [9.17, 15) is 4.79 Å². The van der Waals surface area contributed by atoms with Crippen molar-refractivity contribution in [1.82, 2.24) is 10.2 Å². The van der Waals surface area contributed by atoms with Crippen LogP contribution in [-0.2, 0) is 0 Å². The zero-order valence-corrected chi connectivity index (χ0v) is 8.29. The first-order valence-corrected chi connectivity index (χ1v) is 4.81. The molecule has 76 valence electrons. The second-order valence-corrected chi connectivity index (χ2v) is 3.82. The molecule has 0 saturated carbocycles. The second kappa shape index (κ2) is 4.46. The Labute approximate surface area is 78.9 Å². The van der Waals surface area contributed by atoms with Gasteiger partial charge in [0.1, 0.15) is 0 Å². The van der Waals surface area contributed by atoms with Gasteiger partial charge in [0.25, 0.3) is 0 Å². The maximum atomic E-state index is 11.3. The molecule has 13 heavy (non-hydrogen) atoms. The number of carbonyl (C=O) groups is 1. The van der Waals surface area contributed by atoms with Gasteiger partial charge >= 0.3 is 6.03 Å². The SMILES string of the molecule is CC(C)C1CN(CCCO)C(=O)N1. The molecule has 4 heteroatoms. The molecule has 1 aliphatic rings. The summed E-state index contributed by atoms with van der Waals surface area (Å²) in [6.07, 6.45) is 0.665. The van der Waals surface area contributed by atoms with E-state index in [-0.39, 0.29) is 18.7 Å². The van der Waals surface area contributed by atoms with Crippen molar-refractivity contribution in [3.8, 4) is 0 Å². The van der Waals surface area contributed by atoms with Crippen LogP contribution in [0.25, 0.3) is 0 Å². The van der Waals surface area contributed by atoms with E-state index in [1.54, 1.807) is 4.90 Å². The zero-order chi connectivity index (χ0) is 9.84. The van der Waals surface area contributed by atoms with Gasteiger partial charge in [-0.15, -0.1) is 0 Å². The van der Waals surface area contributed by atoms with E-state index in [0.717, 1.165) is 6.54 Å². The Morgan fingerprint density at radius 3 is 2.85 bits per heavy atom. The van der Waals surface area contributed by atoms with Crippen LogP contribution in [0.3, 0.4) is 0 Å². The average molecular weight is 186 g/mol. The van der Waals surface area contributed by atoms with Crippen molar-refractivity contribution in [2.75, 3.05) is 19.7 Å². The number of nitrogens with zero attached hydrogens (tertiary/aromatic N) is 1. The van der Waals surface area contributed by atoms with Crippen molar-refractivity contribution in [3.05, 3.63) is 0 Å². The lowest BCUT2D eigenvalue weighted by molar-refractivity contribution is 0.209. The van der Waals surface area contributed by atoms with Crippen LogP contribution in [0.15, 0.2) is 0 Å². The van der Waals surface area contributed by atoms with Gasteiger partial charge in [-0.05, 0) is 12.3 Å². The van der Waals surface area contributed by atoms with Crippen LogP contribution in [0.2, 0.25) is 0 Å². The Balaban J connectivity index is 2.37. The van der Waals surface area contributed by atoms with Crippen LogP contribution >= 0.6 is 0 Å². The highest BCUT2D eigenvalue weighted by atomic mass is 16.3. The molecule has 0 aromatic rings. The minimum atomic E-state index is 0.00662. The molecule has 0 aliphatic carbocycles. The summed E-state index contributed by atoms with van der Waals surface area (Å²) in [5, 5.41) is 11.5. The van der Waals surface area contributed by atoms with E-state index in [4.69, 9.17) is 5.11 Å². The van der Waals surface area contributed by atoms with E-state index >= 15 is 0 Å². The fraction of sp³-hybridized carbons (Fsp3) is 0.889. The van der Waals surface area contributed by atoms with Crippen molar-refractivity contribution in [3.63, 3.8) is 0 Å². The highest BCUT2D eigenvalue weighted by molar-refractivity contribution is 5.76. The lowest BCUT2D eigenvalue weighted by Gasteiger charge is -2.15. The van der Waals surface area contributed by atoms with Crippen molar-refractivity contribution in [2.45, 2.75) is 26.3 Å². The largest absolute Gasteiger partial charge is 0.396 e. The van der Waals surface area contributed by atoms with Gasteiger partial charge in [0.05, 0.1) is 6.04 Å². The van der Waals surface area contributed by atoms with Gasteiger partial charge in [-0.3, -0.25) is 0 Å². The number of amides is 2. The van der Waals surface area contributed by atoms with Gasteiger partial charge in [0, 0.05) is 19.7 Å². The molecule has 1 atom stereocenters. The van der Waals surface area contributed by atoms with Crippen LogP contribution in [0.5, 0.6) is 0 Å². The third-order valence-corrected chi connectivity index (χ3v) is 2.40. The summed E-state index contributed by atoms with van der Waals surface area (Å²) in [5.74, 6) is 0.475. The maximum absolute atomic E-state index is 11.3. The lowest BCUT2D eigenvalue weighted by Crippen LogP contribution is -2.31. The fourth-order valence-electron chi connectivity index (χ4n) is 1.45. The number of hydrogen-bond donors (Lipinski definition) is 2. The molecule has 1 saturated heterocycles. The van der Waals surface area contributed by atoms with Crippen LogP contribution in [0.4, 0.5) is 4.79 Å². The van der Waals surface area contributed by atoms with Gasteiger partial charge in [0.2, 0.25) is 0 Å². The number of aliphatic hydroxyl groups excluding tert-OH is 1. The van der Waals surface area contributed by atoms with Crippen molar-refractivity contribution in [2.24, 2.45) is 5.92 Å². The van der Waals surface area contributed by atoms with Crippen LogP contribution in [-0.4, -0.2) is 41.8 Å². The summed E-state index contributed by atoms with van der Waals surface area (Å²) in [7, 11) is 0. The number of nitrogens with one attached hydrogen (secondary N) is 1. The molecular weight excluding hydrogens is 168 g/mol. The van der Waals surface area contributed by atoms with E-state index in [0.29, 0.717) is 18.9 Å². The highest BCUT2D eigenvalue weighted by Gasteiger charge is 2.29. The standard InChI is InChI=1S/C9H18N2O2/c1-7(2)8-6-11(4-3-5-12)9(13)10-8/h7-8,12H,3-6H2,1-2H3,(H,10,13). The Morgan fingerprint density at radius 2 is 2.38 bits per heavy atom. The molecule has 0 radical (unpaired) electrons. The van der Waals surface area contributed by atoms with E-state index in [1.165, 1.54) is 0 Å². The van der Waals surface area contributed by atoms with Crippen molar-refractivity contribution in [1.29, 1.82) is 0 Å². The zero-order valence-electron chi connectivity index (χ0n) is 8.29. The first kappa shape index (κ1) is 10.3. The summed E-state index contributed by atoms with van der Waals surface area (Å²) in [4.78, 5) is 13.1. The topological polar surface area (TPSA) is 52.6 Å². The molecule has 0 bridgehead atoms. The number of hydrogen-bond acceptors (Lipinski definition) is 2. The number of urea groups is 1. The smallest absolute Gasteiger partial charge is 0.317 e. The Bertz CT molecular complexity index is 182. The molecule has 1 fully saturated rings. The molecule has 0 aromatic carbocycles. The summed E-state index contributed by atoms with van der Waals surface area (Å²) in [5.41, 5.74) is 0. The summed E-state index contributed by atoms with van der Waals surface area (Å²) in [6, 6.07) is 0.276. The van der Waals surface area contributed by atoms with Gasteiger partial charge in [0.15, 0.2) is 0 Å². The molecule has 1 rings (SSSR count). The molecule has 1 heterocycles. The molecule has 1 unspecified atom stereocenters. The lowest BCUT2D eigenvalue weighted by atomic mass is 10.1. The van der Waals surface area contributed by atoms with Crippen LogP contribution in [0, 0.1) is 5.92 Å². The van der Waals surface area contributed by atoms with E-state index < -0.39 is 0 Å². The quantitative estimate of drug-likeness (QED) is 0.668. The van der Waals surface area contributed by atoms with Crippen LogP contribution < -0.4 is 5.32 Å². The fourth-order valence-corrected chi connectivity index (χ4v) is 1.45. The summed E-state index contributed by atoms with van der Waals surface area (Å²) < 4.78 is 0. The Morgan fingerprint density at radius 1 is 1.69 bits per heavy atom. The Hall–Kier alpha value is -0.770. The monoisotopic (exact) mass is 186 g/mol. The van der Waals surface area contributed by atoms with Gasteiger partial charge in [-0.2, -0.15) is 0 Å². The summed E-state index contributed by atoms with van der Waals surface area (Å²) >= 11 is 0. The molecular formula is C9H18N2O2. The molecule has 4 nitrogen and oxygen atoms in total. The van der Waals surface area contributed by atoms with Crippen LogP contribution in [0.1, 0.15) is 20.3 Å². The number of carbonyl (C=O) groups excluding carboxylic acids is 1. The van der Waals surface area contributed by atoms with Gasteiger partial charge in [-0.1, -0.05) is 13.8 Å². The average Bonchev–Trinajstić information content (AvgIpc) is 2.44. The minimum Gasteiger partial charge on any atom is -0.396 e. The predicted molar refractivity (Wildman–Crippen MR) is 50.4 cm³/mol. The van der Waals surface area contributed by atoms with Crippen molar-refractivity contribution >= 4 is 6.03 Å². The van der Waals surface area contributed by atoms with Gasteiger partial charge in [-0.25, -0.2) is 4.79 Å². The Kier molecular flexibility index (Phi) is 3.54. The molecule has 1 aliphatic heterocycles. The first-order valence-electron chi connectivity index (χ1n) is 4.81. The highest BCUT2D eigenvalue weighted by Crippen LogP contribution is 2.11. The number of rotatable bonds is 4. The summed E-state index contributed by atoms with van der Waals surface area (Å²) in [6.45, 7) is 5.78. The first-order chi connectivity index (χ1) is 6.15. The minimum absolute atomic E-state index is 0.00662. The normalized spacial score (nSPS) is 22.6. The molecule has 0 spiro atoms. The predicted octanol–water partition coefficient (Wildman–Crippen LogP) is 0.419. The maximum Gasteiger partial charge on any atom is 0.317 e. The van der Waals surface area contributed by atoms with Crippen molar-refractivity contribution < 1.29 is 9.90 Å². The third kappa shape index (κ3) is 2.59. The van der Waals surface area contributed by atoms with E-state index in [2.05, 4.69) is 19.2 Å². The second-order valence-electron chi connectivity index (χ2n) is 3.82. The van der Waals surface area contributed by atoms with E-state index in [1.807, 2.05) is 0 Å². The molecule has 2 N–H and O–H groups in total. The molecule has 0 aromatic heterocycles. The number of aliphatic hydroxyl groups is 1. The third-order valence-electron chi connectivity index (χ3n) is 2.40. The van der Waals surface area contributed by atoms with Gasteiger partial charge < -0.3 is 15.3 Å². The molecule has 2 amide bonds.